The van der Waals surface area contributed by atoms with Crippen LogP contribution in [-0.4, -0.2) is 35.6 Å². The summed E-state index contributed by atoms with van der Waals surface area (Å²) in [4.78, 5) is 28.1. The molecule has 0 aliphatic carbocycles. The highest BCUT2D eigenvalue weighted by molar-refractivity contribution is 5.86. The highest BCUT2D eigenvalue weighted by Crippen LogP contribution is 2.23. The quantitative estimate of drug-likeness (QED) is 0.677. The second-order valence-corrected chi connectivity index (χ2v) is 7.69. The fourth-order valence-corrected chi connectivity index (χ4v) is 4.00. The first-order valence-corrected chi connectivity index (χ1v) is 10.1. The molecular weight excluding hydrogens is 364 g/mol. The lowest BCUT2D eigenvalue weighted by atomic mass is 10.0. The number of benzene rings is 2. The average Bonchev–Trinajstić information content (AvgIpc) is 2.76. The fraction of sp³-hybridized carbons (Fsp3) is 0.333. The van der Waals surface area contributed by atoms with E-state index in [4.69, 9.17) is 4.74 Å². The van der Waals surface area contributed by atoms with Crippen molar-refractivity contribution >= 4 is 16.8 Å². The summed E-state index contributed by atoms with van der Waals surface area (Å²) >= 11 is 0. The van der Waals surface area contributed by atoms with Gasteiger partial charge in [-0.05, 0) is 61.6 Å². The van der Waals surface area contributed by atoms with Crippen LogP contribution in [0.1, 0.15) is 24.8 Å². The highest BCUT2D eigenvalue weighted by Gasteiger charge is 2.19. The summed E-state index contributed by atoms with van der Waals surface area (Å²) in [5.74, 6) is 0.850. The van der Waals surface area contributed by atoms with Crippen molar-refractivity contribution in [3.63, 3.8) is 0 Å². The Hall–Kier alpha value is -3.08. The van der Waals surface area contributed by atoms with E-state index in [9.17, 15) is 9.59 Å². The maximum Gasteiger partial charge on any atom is 0.242 e. The lowest BCUT2D eigenvalue weighted by Crippen LogP contribution is -2.38. The van der Waals surface area contributed by atoms with Gasteiger partial charge in [-0.3, -0.25) is 9.59 Å². The maximum absolute atomic E-state index is 13.2. The Balaban J connectivity index is 1.80. The van der Waals surface area contributed by atoms with Gasteiger partial charge in [0.1, 0.15) is 12.3 Å². The summed E-state index contributed by atoms with van der Waals surface area (Å²) < 4.78 is 7.16. The molecule has 0 atom stereocenters. The number of nitrogens with zero attached hydrogens (tertiary/aromatic N) is 2. The normalized spacial score (nSPS) is 14.2. The summed E-state index contributed by atoms with van der Waals surface area (Å²) in [5.41, 5.74) is 3.26. The standard InChI is InChI=1S/C24H26N2O3/c1-17-6-11-20-22(14-17)26(16-23(27)25-12-4-3-5-13-25)15-21(24(20)28)18-7-9-19(29-2)10-8-18/h6-11,14-15H,3-5,12-13,16H2,1-2H3. The zero-order chi connectivity index (χ0) is 20.4. The third-order valence-corrected chi connectivity index (χ3v) is 5.65. The molecular formula is C24H26N2O3. The molecule has 5 heteroatoms. The minimum Gasteiger partial charge on any atom is -0.497 e. The average molecular weight is 390 g/mol. The zero-order valence-corrected chi connectivity index (χ0v) is 17.0. The Morgan fingerprint density at radius 2 is 1.76 bits per heavy atom. The Bertz CT molecular complexity index is 1090. The number of amides is 1. The highest BCUT2D eigenvalue weighted by atomic mass is 16.5. The third-order valence-electron chi connectivity index (χ3n) is 5.65. The first kappa shape index (κ1) is 19.2. The number of fused-ring (bicyclic) bond motifs is 1. The Morgan fingerprint density at radius 1 is 1.03 bits per heavy atom. The van der Waals surface area contributed by atoms with E-state index in [2.05, 4.69) is 0 Å². The maximum atomic E-state index is 13.2. The number of hydrogen-bond acceptors (Lipinski definition) is 3. The van der Waals surface area contributed by atoms with E-state index in [-0.39, 0.29) is 17.9 Å². The zero-order valence-electron chi connectivity index (χ0n) is 17.0. The van der Waals surface area contributed by atoms with E-state index < -0.39 is 0 Å². The minimum absolute atomic E-state index is 0.0214. The van der Waals surface area contributed by atoms with E-state index in [1.165, 1.54) is 6.42 Å². The largest absolute Gasteiger partial charge is 0.497 e. The molecule has 2 heterocycles. The van der Waals surface area contributed by atoms with Gasteiger partial charge in [-0.25, -0.2) is 0 Å². The number of aryl methyl sites for hydroxylation is 1. The number of likely N-dealkylation sites (tertiary alicyclic amines) is 1. The molecule has 0 spiro atoms. The number of carbonyl (C=O) groups is 1. The van der Waals surface area contributed by atoms with Crippen LogP contribution in [0.15, 0.2) is 53.5 Å². The first-order chi connectivity index (χ1) is 14.1. The van der Waals surface area contributed by atoms with E-state index in [1.807, 2.05) is 65.1 Å². The number of aromatic nitrogens is 1. The molecule has 29 heavy (non-hydrogen) atoms. The predicted octanol–water partition coefficient (Wildman–Crippen LogP) is 4.00. The van der Waals surface area contributed by atoms with Gasteiger partial charge >= 0.3 is 0 Å². The molecule has 5 nitrogen and oxygen atoms in total. The van der Waals surface area contributed by atoms with Gasteiger partial charge < -0.3 is 14.2 Å². The van der Waals surface area contributed by atoms with Crippen LogP contribution in [0.2, 0.25) is 0 Å². The van der Waals surface area contributed by atoms with Crippen LogP contribution in [0, 0.1) is 6.92 Å². The Kier molecular flexibility index (Phi) is 5.38. The van der Waals surface area contributed by atoms with Crippen molar-refractivity contribution < 1.29 is 9.53 Å². The molecule has 1 aliphatic rings. The smallest absolute Gasteiger partial charge is 0.242 e. The van der Waals surface area contributed by atoms with E-state index >= 15 is 0 Å². The SMILES string of the molecule is COc1ccc(-c2cn(CC(=O)N3CCCCC3)c3cc(C)ccc3c2=O)cc1. The molecule has 1 aromatic heterocycles. The predicted molar refractivity (Wildman–Crippen MR) is 115 cm³/mol. The van der Waals surface area contributed by atoms with E-state index in [0.29, 0.717) is 10.9 Å². The van der Waals surface area contributed by atoms with Crippen molar-refractivity contribution in [2.24, 2.45) is 0 Å². The fourth-order valence-electron chi connectivity index (χ4n) is 4.00. The van der Waals surface area contributed by atoms with Crippen LogP contribution in [-0.2, 0) is 11.3 Å². The van der Waals surface area contributed by atoms with Crippen molar-refractivity contribution in [1.29, 1.82) is 0 Å². The number of carbonyl (C=O) groups excluding carboxylic acids is 1. The van der Waals surface area contributed by atoms with Gasteiger partial charge in [-0.2, -0.15) is 0 Å². The first-order valence-electron chi connectivity index (χ1n) is 10.1. The summed E-state index contributed by atoms with van der Waals surface area (Å²) in [5, 5.41) is 0.635. The molecule has 0 saturated carbocycles. The van der Waals surface area contributed by atoms with Crippen molar-refractivity contribution in [2.75, 3.05) is 20.2 Å². The third kappa shape index (κ3) is 3.90. The molecule has 1 saturated heterocycles. The summed E-state index contributed by atoms with van der Waals surface area (Å²) in [6.07, 6.45) is 5.14. The molecule has 3 aromatic rings. The van der Waals surface area contributed by atoms with Crippen molar-refractivity contribution in [3.05, 3.63) is 64.4 Å². The van der Waals surface area contributed by atoms with Crippen LogP contribution in [0.3, 0.4) is 0 Å². The summed E-state index contributed by atoms with van der Waals surface area (Å²) in [7, 11) is 1.62. The second kappa shape index (κ2) is 8.11. The van der Waals surface area contributed by atoms with Crippen LogP contribution < -0.4 is 10.2 Å². The lowest BCUT2D eigenvalue weighted by Gasteiger charge is -2.27. The number of pyridine rings is 1. The van der Waals surface area contributed by atoms with Crippen molar-refractivity contribution in [1.82, 2.24) is 9.47 Å². The van der Waals surface area contributed by atoms with Gasteiger partial charge in [0.15, 0.2) is 5.43 Å². The molecule has 0 radical (unpaired) electrons. The summed E-state index contributed by atoms with van der Waals surface area (Å²) in [6.45, 7) is 3.88. The van der Waals surface area contributed by atoms with Gasteiger partial charge in [0.25, 0.3) is 0 Å². The number of rotatable bonds is 4. The van der Waals surface area contributed by atoms with Crippen molar-refractivity contribution in [2.45, 2.75) is 32.7 Å². The second-order valence-electron chi connectivity index (χ2n) is 7.69. The number of piperidine rings is 1. The number of methoxy groups -OCH3 is 1. The Morgan fingerprint density at radius 3 is 2.45 bits per heavy atom. The molecule has 1 aliphatic heterocycles. The van der Waals surface area contributed by atoms with Gasteiger partial charge in [-0.15, -0.1) is 0 Å². The van der Waals surface area contributed by atoms with E-state index in [0.717, 1.165) is 48.3 Å². The Labute approximate surface area is 170 Å². The van der Waals surface area contributed by atoms with Crippen LogP contribution in [0.25, 0.3) is 22.0 Å². The van der Waals surface area contributed by atoms with Crippen LogP contribution in [0.5, 0.6) is 5.75 Å². The van der Waals surface area contributed by atoms with Gasteiger partial charge in [0, 0.05) is 30.2 Å². The monoisotopic (exact) mass is 390 g/mol. The molecule has 1 fully saturated rings. The van der Waals surface area contributed by atoms with Crippen LogP contribution >= 0.6 is 0 Å². The van der Waals surface area contributed by atoms with Gasteiger partial charge in [0.2, 0.25) is 5.91 Å². The number of hydrogen-bond donors (Lipinski definition) is 0. The number of ether oxygens (including phenoxy) is 1. The minimum atomic E-state index is -0.0214. The molecule has 2 aromatic carbocycles. The molecule has 1 amide bonds. The van der Waals surface area contributed by atoms with E-state index in [1.54, 1.807) is 7.11 Å². The topological polar surface area (TPSA) is 51.5 Å². The van der Waals surface area contributed by atoms with Gasteiger partial charge in [0.05, 0.1) is 12.6 Å². The molecule has 0 bridgehead atoms. The molecule has 4 rings (SSSR count). The van der Waals surface area contributed by atoms with Crippen LogP contribution in [0.4, 0.5) is 0 Å². The molecule has 0 unspecified atom stereocenters. The lowest BCUT2D eigenvalue weighted by molar-refractivity contribution is -0.132. The molecule has 150 valence electrons. The van der Waals surface area contributed by atoms with Crippen molar-refractivity contribution in [3.8, 4) is 16.9 Å². The summed E-state index contributed by atoms with van der Waals surface area (Å²) in [6, 6.07) is 13.2. The molecule has 0 N–H and O–H groups in total. The van der Waals surface area contributed by atoms with Gasteiger partial charge in [-0.1, -0.05) is 18.2 Å².